The molecule has 1 unspecified atom stereocenters. The van der Waals surface area contributed by atoms with Gasteiger partial charge in [0.05, 0.1) is 13.2 Å². The van der Waals surface area contributed by atoms with Gasteiger partial charge in [0.25, 0.3) is 5.91 Å². The number of anilines is 1. The van der Waals surface area contributed by atoms with Crippen molar-refractivity contribution in [2.75, 3.05) is 11.9 Å². The molecular formula is C21H20N2O5. The third kappa shape index (κ3) is 3.78. The summed E-state index contributed by atoms with van der Waals surface area (Å²) < 4.78 is 5.06. The number of ether oxygens (including phenoxy) is 1. The molecule has 144 valence electrons. The average molecular weight is 380 g/mol. The number of imide groups is 1. The van der Waals surface area contributed by atoms with Crippen molar-refractivity contribution >= 4 is 29.4 Å². The first-order valence-corrected chi connectivity index (χ1v) is 8.90. The molecule has 1 atom stereocenters. The lowest BCUT2D eigenvalue weighted by molar-refractivity contribution is -0.151. The second kappa shape index (κ2) is 8.04. The van der Waals surface area contributed by atoms with Crippen LogP contribution in [0.25, 0.3) is 0 Å². The van der Waals surface area contributed by atoms with Crippen LogP contribution in [-0.4, -0.2) is 35.2 Å². The lowest BCUT2D eigenvalue weighted by Crippen LogP contribution is -2.46. The topological polar surface area (TPSA) is 92.8 Å². The highest BCUT2D eigenvalue weighted by Crippen LogP contribution is 2.31. The van der Waals surface area contributed by atoms with Crippen molar-refractivity contribution in [1.82, 2.24) is 4.90 Å². The fourth-order valence-corrected chi connectivity index (χ4v) is 3.16. The minimum absolute atomic E-state index is 0.0161. The number of nitrogens with zero attached hydrogens (tertiary/aromatic N) is 1. The van der Waals surface area contributed by atoms with Crippen LogP contribution in [0.5, 0.6) is 0 Å². The molecule has 0 radical (unpaired) electrons. The van der Waals surface area contributed by atoms with Gasteiger partial charge in [-0.1, -0.05) is 30.3 Å². The summed E-state index contributed by atoms with van der Waals surface area (Å²) in [4.78, 5) is 50.4. The van der Waals surface area contributed by atoms with Gasteiger partial charge in [-0.15, -0.1) is 0 Å². The molecule has 3 rings (SSSR count). The van der Waals surface area contributed by atoms with E-state index in [2.05, 4.69) is 5.32 Å². The minimum Gasteiger partial charge on any atom is -0.465 e. The molecule has 7 heteroatoms. The smallest absolute Gasteiger partial charge is 0.323 e. The number of hydrogen-bond donors (Lipinski definition) is 1. The SMILES string of the molecule is CCOC(=O)C1C(=O)N(Cc2ccc(NC(C)=O)cc2)C(=O)c2ccccc21. The Hall–Kier alpha value is -3.48. The van der Waals surface area contributed by atoms with Crippen LogP contribution in [0.1, 0.15) is 41.3 Å². The Bertz CT molecular complexity index is 936. The first kappa shape index (κ1) is 19.3. The lowest BCUT2D eigenvalue weighted by Gasteiger charge is -2.31. The summed E-state index contributed by atoms with van der Waals surface area (Å²) >= 11 is 0. The zero-order chi connectivity index (χ0) is 20.3. The van der Waals surface area contributed by atoms with Crippen molar-refractivity contribution in [2.45, 2.75) is 26.3 Å². The Balaban J connectivity index is 1.91. The van der Waals surface area contributed by atoms with Gasteiger partial charge in [-0.3, -0.25) is 24.1 Å². The molecule has 2 aromatic rings. The molecule has 0 bridgehead atoms. The van der Waals surface area contributed by atoms with Gasteiger partial charge in [-0.2, -0.15) is 0 Å². The highest BCUT2D eigenvalue weighted by molar-refractivity contribution is 6.18. The van der Waals surface area contributed by atoms with E-state index in [0.717, 1.165) is 4.90 Å². The predicted octanol–water partition coefficient (Wildman–Crippen LogP) is 2.47. The molecule has 0 spiro atoms. The van der Waals surface area contributed by atoms with E-state index in [-0.39, 0.29) is 19.1 Å². The van der Waals surface area contributed by atoms with Crippen molar-refractivity contribution in [3.05, 3.63) is 65.2 Å². The van der Waals surface area contributed by atoms with Crippen LogP contribution in [0, 0.1) is 0 Å². The van der Waals surface area contributed by atoms with Crippen LogP contribution in [0.3, 0.4) is 0 Å². The molecule has 0 saturated carbocycles. The van der Waals surface area contributed by atoms with Crippen LogP contribution in [0.15, 0.2) is 48.5 Å². The standard InChI is InChI=1S/C21H20N2O5/c1-3-28-21(27)18-16-6-4-5-7-17(16)19(25)23(20(18)26)12-14-8-10-15(11-9-14)22-13(2)24/h4-11,18H,3,12H2,1-2H3,(H,22,24). The zero-order valence-corrected chi connectivity index (χ0v) is 15.6. The maximum atomic E-state index is 13.0. The number of benzene rings is 2. The molecule has 1 N–H and O–H groups in total. The summed E-state index contributed by atoms with van der Waals surface area (Å²) in [6.07, 6.45) is 0. The molecular weight excluding hydrogens is 360 g/mol. The number of carbonyl (C=O) groups is 4. The molecule has 2 aromatic carbocycles. The summed E-state index contributed by atoms with van der Waals surface area (Å²) in [6, 6.07) is 13.4. The predicted molar refractivity (Wildman–Crippen MR) is 101 cm³/mol. The molecule has 1 aliphatic heterocycles. The largest absolute Gasteiger partial charge is 0.465 e. The average Bonchev–Trinajstić information content (AvgIpc) is 2.66. The third-order valence-electron chi connectivity index (χ3n) is 4.40. The summed E-state index contributed by atoms with van der Waals surface area (Å²) in [6.45, 7) is 3.23. The molecule has 0 saturated heterocycles. The monoisotopic (exact) mass is 380 g/mol. The van der Waals surface area contributed by atoms with Crippen molar-refractivity contribution in [3.8, 4) is 0 Å². The van der Waals surface area contributed by atoms with Crippen LogP contribution < -0.4 is 5.32 Å². The quantitative estimate of drug-likeness (QED) is 0.489. The van der Waals surface area contributed by atoms with Crippen molar-refractivity contribution in [1.29, 1.82) is 0 Å². The second-order valence-electron chi connectivity index (χ2n) is 6.38. The zero-order valence-electron chi connectivity index (χ0n) is 15.6. The Morgan fingerprint density at radius 3 is 2.39 bits per heavy atom. The molecule has 0 fully saturated rings. The highest BCUT2D eigenvalue weighted by Gasteiger charge is 2.43. The van der Waals surface area contributed by atoms with Gasteiger partial charge in [0.2, 0.25) is 11.8 Å². The summed E-state index contributed by atoms with van der Waals surface area (Å²) in [5, 5.41) is 2.65. The van der Waals surface area contributed by atoms with Gasteiger partial charge >= 0.3 is 5.97 Å². The van der Waals surface area contributed by atoms with Crippen LogP contribution >= 0.6 is 0 Å². The van der Waals surface area contributed by atoms with E-state index in [0.29, 0.717) is 22.4 Å². The van der Waals surface area contributed by atoms with Crippen LogP contribution in [-0.2, 0) is 25.7 Å². The van der Waals surface area contributed by atoms with Gasteiger partial charge in [-0.25, -0.2) is 0 Å². The minimum atomic E-state index is -1.16. The normalized spacial score (nSPS) is 15.8. The van der Waals surface area contributed by atoms with Crippen LogP contribution in [0.4, 0.5) is 5.69 Å². The molecule has 1 aliphatic rings. The van der Waals surface area contributed by atoms with E-state index >= 15 is 0 Å². The first-order valence-electron chi connectivity index (χ1n) is 8.90. The number of nitrogens with one attached hydrogen (secondary N) is 1. The van der Waals surface area contributed by atoms with E-state index in [1.807, 2.05) is 0 Å². The number of fused-ring (bicyclic) bond motifs is 1. The van der Waals surface area contributed by atoms with E-state index < -0.39 is 23.7 Å². The molecule has 1 heterocycles. The molecule has 0 aliphatic carbocycles. The fourth-order valence-electron chi connectivity index (χ4n) is 3.16. The maximum Gasteiger partial charge on any atom is 0.323 e. The number of amides is 3. The van der Waals surface area contributed by atoms with Gasteiger partial charge in [-0.05, 0) is 36.2 Å². The summed E-state index contributed by atoms with van der Waals surface area (Å²) in [7, 11) is 0. The van der Waals surface area contributed by atoms with Gasteiger partial charge in [0.1, 0.15) is 0 Å². The maximum absolute atomic E-state index is 13.0. The number of hydrogen-bond acceptors (Lipinski definition) is 5. The summed E-state index contributed by atoms with van der Waals surface area (Å²) in [5.41, 5.74) is 1.99. The Kier molecular flexibility index (Phi) is 5.54. The molecule has 3 amide bonds. The Morgan fingerprint density at radius 2 is 1.75 bits per heavy atom. The first-order chi connectivity index (χ1) is 13.4. The number of esters is 1. The van der Waals surface area contributed by atoms with Gasteiger partial charge in [0, 0.05) is 18.2 Å². The number of rotatable bonds is 5. The Labute approximate surface area is 162 Å². The molecule has 28 heavy (non-hydrogen) atoms. The van der Waals surface area contributed by atoms with Crippen molar-refractivity contribution < 1.29 is 23.9 Å². The van der Waals surface area contributed by atoms with E-state index in [1.165, 1.54) is 6.92 Å². The van der Waals surface area contributed by atoms with Crippen LogP contribution in [0.2, 0.25) is 0 Å². The Morgan fingerprint density at radius 1 is 1.07 bits per heavy atom. The fraction of sp³-hybridized carbons (Fsp3) is 0.238. The summed E-state index contributed by atoms with van der Waals surface area (Å²) in [5.74, 6) is -3.07. The van der Waals surface area contributed by atoms with Gasteiger partial charge < -0.3 is 10.1 Å². The highest BCUT2D eigenvalue weighted by atomic mass is 16.5. The van der Waals surface area contributed by atoms with E-state index in [1.54, 1.807) is 55.5 Å². The van der Waals surface area contributed by atoms with E-state index in [4.69, 9.17) is 4.74 Å². The van der Waals surface area contributed by atoms with Gasteiger partial charge in [0.15, 0.2) is 5.92 Å². The lowest BCUT2D eigenvalue weighted by atomic mass is 9.88. The molecule has 0 aromatic heterocycles. The third-order valence-corrected chi connectivity index (χ3v) is 4.40. The van der Waals surface area contributed by atoms with Crippen molar-refractivity contribution in [2.24, 2.45) is 0 Å². The molecule has 7 nitrogen and oxygen atoms in total. The number of carbonyl (C=O) groups excluding carboxylic acids is 4. The van der Waals surface area contributed by atoms with E-state index in [9.17, 15) is 19.2 Å². The van der Waals surface area contributed by atoms with Crippen molar-refractivity contribution in [3.63, 3.8) is 0 Å². The second-order valence-corrected chi connectivity index (χ2v) is 6.38.